The lowest BCUT2D eigenvalue weighted by Crippen LogP contribution is -2.56. The standard InChI is InChI=1S/C15H19ClO5/c1-6-7-4-5-13(2,18)15-9(8(7)20-12(6)17)14(3,19)10(16)11(15)21-15/h7-11,18-19H,1,4-5H2,2-3H3/t7-,8-,9-,10-,11+,13+,14-,15-/m0/s1. The molecule has 4 aliphatic rings. The summed E-state index contributed by atoms with van der Waals surface area (Å²) in [5.74, 6) is -1.18. The second-order valence-electron chi connectivity index (χ2n) is 7.25. The molecule has 2 N–H and O–H groups in total. The zero-order chi connectivity index (χ0) is 15.4. The van der Waals surface area contributed by atoms with Crippen LogP contribution in [0.25, 0.3) is 0 Å². The molecule has 0 unspecified atom stereocenters. The monoisotopic (exact) mass is 314 g/mol. The first-order valence-corrected chi connectivity index (χ1v) is 7.74. The van der Waals surface area contributed by atoms with Crippen molar-refractivity contribution in [3.05, 3.63) is 12.2 Å². The number of aliphatic hydroxyl groups is 2. The van der Waals surface area contributed by atoms with E-state index >= 15 is 0 Å². The van der Waals surface area contributed by atoms with Gasteiger partial charge in [0.2, 0.25) is 0 Å². The third-order valence-corrected chi connectivity index (χ3v) is 6.74. The highest BCUT2D eigenvalue weighted by Crippen LogP contribution is 2.69. The minimum absolute atomic E-state index is 0.202. The Morgan fingerprint density at radius 2 is 2.05 bits per heavy atom. The zero-order valence-corrected chi connectivity index (χ0v) is 12.8. The zero-order valence-electron chi connectivity index (χ0n) is 12.0. The Kier molecular flexibility index (Phi) is 2.43. The van der Waals surface area contributed by atoms with Crippen molar-refractivity contribution in [3.8, 4) is 0 Å². The molecule has 0 bridgehead atoms. The number of carbonyl (C=O) groups excluding carboxylic acids is 1. The summed E-state index contributed by atoms with van der Waals surface area (Å²) >= 11 is 6.36. The van der Waals surface area contributed by atoms with E-state index in [1.165, 1.54) is 0 Å². The van der Waals surface area contributed by atoms with Gasteiger partial charge in [-0.2, -0.15) is 0 Å². The first-order valence-electron chi connectivity index (χ1n) is 7.31. The molecule has 2 heterocycles. The predicted octanol–water partition coefficient (Wildman–Crippen LogP) is 0.755. The first kappa shape index (κ1) is 14.0. The number of rotatable bonds is 0. The van der Waals surface area contributed by atoms with E-state index in [1.54, 1.807) is 13.8 Å². The first-order chi connectivity index (χ1) is 9.64. The largest absolute Gasteiger partial charge is 0.458 e. The highest BCUT2D eigenvalue weighted by atomic mass is 35.5. The molecule has 4 rings (SSSR count). The summed E-state index contributed by atoms with van der Waals surface area (Å²) in [6.07, 6.45) is 0.0825. The van der Waals surface area contributed by atoms with E-state index in [0.717, 1.165) is 0 Å². The van der Waals surface area contributed by atoms with Crippen molar-refractivity contribution in [1.29, 1.82) is 0 Å². The number of hydrogen-bond donors (Lipinski definition) is 2. The summed E-state index contributed by atoms with van der Waals surface area (Å²) in [4.78, 5) is 11.9. The Morgan fingerprint density at radius 3 is 2.71 bits per heavy atom. The molecule has 2 saturated heterocycles. The number of hydrogen-bond acceptors (Lipinski definition) is 5. The van der Waals surface area contributed by atoms with E-state index < -0.39 is 46.3 Å². The van der Waals surface area contributed by atoms with Crippen molar-refractivity contribution in [2.24, 2.45) is 11.8 Å². The van der Waals surface area contributed by atoms with Crippen molar-refractivity contribution >= 4 is 17.6 Å². The number of halogens is 1. The predicted molar refractivity (Wildman–Crippen MR) is 73.7 cm³/mol. The Bertz CT molecular complexity index is 556. The van der Waals surface area contributed by atoms with E-state index in [1.807, 2.05) is 0 Å². The molecule has 4 fully saturated rings. The van der Waals surface area contributed by atoms with Crippen molar-refractivity contribution in [1.82, 2.24) is 0 Å². The maximum atomic E-state index is 11.9. The van der Waals surface area contributed by atoms with E-state index in [4.69, 9.17) is 21.1 Å². The summed E-state index contributed by atoms with van der Waals surface area (Å²) in [5, 5.41) is 21.2. The fraction of sp³-hybridized carbons (Fsp3) is 0.800. The molecule has 0 radical (unpaired) electrons. The highest BCUT2D eigenvalue weighted by molar-refractivity contribution is 6.22. The Labute approximate surface area is 127 Å². The quantitative estimate of drug-likeness (QED) is 0.299. The van der Waals surface area contributed by atoms with Crippen LogP contribution in [0.3, 0.4) is 0 Å². The van der Waals surface area contributed by atoms with Gasteiger partial charge in [-0.1, -0.05) is 6.58 Å². The summed E-state index contributed by atoms with van der Waals surface area (Å²) < 4.78 is 11.3. The molecule has 6 heteroatoms. The van der Waals surface area contributed by atoms with Gasteiger partial charge in [-0.25, -0.2) is 4.79 Å². The van der Waals surface area contributed by atoms with Crippen LogP contribution in [0.4, 0.5) is 0 Å². The lowest BCUT2D eigenvalue weighted by molar-refractivity contribution is -0.159. The van der Waals surface area contributed by atoms with E-state index in [2.05, 4.69) is 6.58 Å². The topological polar surface area (TPSA) is 79.3 Å². The second kappa shape index (κ2) is 3.65. The molecule has 5 nitrogen and oxygen atoms in total. The average molecular weight is 315 g/mol. The normalized spacial score (nSPS) is 61.7. The number of ether oxygens (including phenoxy) is 2. The van der Waals surface area contributed by atoms with Crippen LogP contribution in [-0.2, 0) is 14.3 Å². The molecule has 21 heavy (non-hydrogen) atoms. The van der Waals surface area contributed by atoms with Crippen LogP contribution in [0.2, 0.25) is 0 Å². The second-order valence-corrected chi connectivity index (χ2v) is 7.72. The van der Waals surface area contributed by atoms with E-state index in [9.17, 15) is 15.0 Å². The smallest absolute Gasteiger partial charge is 0.334 e. The molecule has 2 aliphatic heterocycles. The maximum Gasteiger partial charge on any atom is 0.334 e. The van der Waals surface area contributed by atoms with Crippen molar-refractivity contribution in [2.45, 2.75) is 61.1 Å². The van der Waals surface area contributed by atoms with Gasteiger partial charge < -0.3 is 19.7 Å². The van der Waals surface area contributed by atoms with Gasteiger partial charge in [0, 0.05) is 11.5 Å². The van der Waals surface area contributed by atoms with Gasteiger partial charge in [0.25, 0.3) is 0 Å². The minimum atomic E-state index is -1.27. The molecule has 116 valence electrons. The summed E-state index contributed by atoms with van der Waals surface area (Å²) in [6.45, 7) is 7.17. The number of fused-ring (bicyclic) bond motifs is 2. The van der Waals surface area contributed by atoms with Crippen molar-refractivity contribution in [3.63, 3.8) is 0 Å². The van der Waals surface area contributed by atoms with Crippen molar-refractivity contribution in [2.75, 3.05) is 0 Å². The van der Waals surface area contributed by atoms with E-state index in [0.29, 0.717) is 18.4 Å². The third kappa shape index (κ3) is 1.37. The van der Waals surface area contributed by atoms with Gasteiger partial charge in [0.15, 0.2) is 0 Å². The number of epoxide rings is 1. The third-order valence-electron chi connectivity index (χ3n) is 6.07. The fourth-order valence-electron chi connectivity index (χ4n) is 4.86. The van der Waals surface area contributed by atoms with Gasteiger partial charge in [-0.3, -0.25) is 0 Å². The number of alkyl halides is 1. The van der Waals surface area contributed by atoms with Crippen LogP contribution in [0.1, 0.15) is 26.7 Å². The Hall–Kier alpha value is -0.620. The lowest BCUT2D eigenvalue weighted by Gasteiger charge is -2.40. The molecule has 0 amide bonds. The molecular formula is C15H19ClO5. The summed E-state index contributed by atoms with van der Waals surface area (Å²) in [5.41, 5.74) is -2.91. The molecule has 2 saturated carbocycles. The van der Waals surface area contributed by atoms with Gasteiger partial charge in [-0.05, 0) is 26.7 Å². The lowest BCUT2D eigenvalue weighted by atomic mass is 9.73. The average Bonchev–Trinajstić information content (AvgIpc) is 3.03. The van der Waals surface area contributed by atoms with Crippen LogP contribution in [0, 0.1) is 11.8 Å². The Balaban J connectivity index is 1.87. The molecule has 0 aromatic rings. The summed E-state index contributed by atoms with van der Waals surface area (Å²) in [7, 11) is 0. The molecule has 0 aromatic carbocycles. The van der Waals surface area contributed by atoms with Crippen molar-refractivity contribution < 1.29 is 24.5 Å². The minimum Gasteiger partial charge on any atom is -0.458 e. The Morgan fingerprint density at radius 1 is 1.38 bits per heavy atom. The number of esters is 1. The van der Waals surface area contributed by atoms with Crippen LogP contribution in [0.5, 0.6) is 0 Å². The van der Waals surface area contributed by atoms with Gasteiger partial charge in [0.1, 0.15) is 17.8 Å². The molecule has 0 aromatic heterocycles. The number of carbonyl (C=O) groups is 1. The SMILES string of the molecule is C=C1C(=O)O[C@H]2[C@H]1CC[C@@](C)(O)[C@@]13O[C@@H]1[C@H](Cl)[C@@](C)(O)[C@H]23. The van der Waals surface area contributed by atoms with Crippen LogP contribution < -0.4 is 0 Å². The highest BCUT2D eigenvalue weighted by Gasteiger charge is 2.85. The molecule has 8 atom stereocenters. The molecule has 1 spiro atoms. The van der Waals surface area contributed by atoms with E-state index in [-0.39, 0.29) is 5.92 Å². The van der Waals surface area contributed by atoms with Gasteiger partial charge in [-0.15, -0.1) is 11.6 Å². The van der Waals surface area contributed by atoms with Gasteiger partial charge in [0.05, 0.1) is 22.5 Å². The maximum absolute atomic E-state index is 11.9. The van der Waals surface area contributed by atoms with Gasteiger partial charge >= 0.3 is 5.97 Å². The van der Waals surface area contributed by atoms with Crippen LogP contribution in [0.15, 0.2) is 12.2 Å². The molecule has 2 aliphatic carbocycles. The fourth-order valence-corrected chi connectivity index (χ4v) is 5.24. The van der Waals surface area contributed by atoms with Crippen LogP contribution in [-0.4, -0.2) is 50.6 Å². The van der Waals surface area contributed by atoms with Crippen LogP contribution >= 0.6 is 11.6 Å². The summed E-state index contributed by atoms with van der Waals surface area (Å²) in [6, 6.07) is 0. The molecular weight excluding hydrogens is 296 g/mol.